The molecule has 0 saturated carbocycles. The van der Waals surface area contributed by atoms with Gasteiger partial charge in [0.05, 0.1) is 8.07 Å². The van der Waals surface area contributed by atoms with E-state index < -0.39 is 8.07 Å². The zero-order valence-corrected chi connectivity index (χ0v) is 15.6. The van der Waals surface area contributed by atoms with Gasteiger partial charge in [0.15, 0.2) is 0 Å². The molecule has 0 N–H and O–H groups in total. The van der Waals surface area contributed by atoms with Crippen LogP contribution in [0.1, 0.15) is 31.7 Å². The summed E-state index contributed by atoms with van der Waals surface area (Å²) in [6.07, 6.45) is 4.53. The molecule has 1 atom stereocenters. The standard InChI is InChI=1S/C13H12.C8H18Si/c1-11-7-9-13(10-8-11)12-5-3-2-4-6-12;1-8-6-4-5-7-9(8,2)3/h2-10H,1H3;8H,4-7H2,1-3H3. The summed E-state index contributed by atoms with van der Waals surface area (Å²) in [5.41, 5.74) is 4.96. The van der Waals surface area contributed by atoms with Crippen LogP contribution in [0.2, 0.25) is 24.7 Å². The lowest BCUT2D eigenvalue weighted by Crippen LogP contribution is -2.33. The molecule has 0 spiro atoms. The fraction of sp³-hybridized carbons (Fsp3) is 0.429. The van der Waals surface area contributed by atoms with E-state index in [1.807, 2.05) is 6.07 Å². The third kappa shape index (κ3) is 4.84. The van der Waals surface area contributed by atoms with Gasteiger partial charge in [0.25, 0.3) is 0 Å². The largest absolute Gasteiger partial charge is 0.0692 e. The number of aryl methyl sites for hydroxylation is 1. The predicted octanol–water partition coefficient (Wildman–Crippen LogP) is 6.93. The van der Waals surface area contributed by atoms with Crippen molar-refractivity contribution in [3.05, 3.63) is 60.2 Å². The van der Waals surface area contributed by atoms with Crippen molar-refractivity contribution in [2.24, 2.45) is 0 Å². The second kappa shape index (κ2) is 7.78. The highest BCUT2D eigenvalue weighted by Gasteiger charge is 2.30. The van der Waals surface area contributed by atoms with Gasteiger partial charge in [-0.05, 0) is 23.6 Å². The zero-order valence-electron chi connectivity index (χ0n) is 14.6. The maximum absolute atomic E-state index is 2.54. The van der Waals surface area contributed by atoms with Gasteiger partial charge < -0.3 is 0 Å². The molecule has 1 aliphatic rings. The molecule has 2 aromatic carbocycles. The van der Waals surface area contributed by atoms with E-state index in [2.05, 4.69) is 75.5 Å². The molecule has 1 saturated heterocycles. The van der Waals surface area contributed by atoms with Gasteiger partial charge in [-0.25, -0.2) is 0 Å². The van der Waals surface area contributed by atoms with Crippen LogP contribution >= 0.6 is 0 Å². The van der Waals surface area contributed by atoms with E-state index in [0.717, 1.165) is 5.54 Å². The van der Waals surface area contributed by atoms with Gasteiger partial charge in [-0.3, -0.25) is 0 Å². The molecular weight excluding hydrogens is 280 g/mol. The Labute approximate surface area is 137 Å². The summed E-state index contributed by atoms with van der Waals surface area (Å²) in [5.74, 6) is 0. The molecule has 0 amide bonds. The summed E-state index contributed by atoms with van der Waals surface area (Å²) < 4.78 is 0. The number of hydrogen-bond donors (Lipinski definition) is 0. The summed E-state index contributed by atoms with van der Waals surface area (Å²) in [4.78, 5) is 0. The van der Waals surface area contributed by atoms with Crippen LogP contribution in [-0.2, 0) is 0 Å². The third-order valence-electron chi connectivity index (χ3n) is 5.20. The Morgan fingerprint density at radius 1 is 0.818 bits per heavy atom. The molecule has 1 unspecified atom stereocenters. The zero-order chi connectivity index (χ0) is 16.0. The molecule has 2 aromatic rings. The monoisotopic (exact) mass is 310 g/mol. The summed E-state index contributed by atoms with van der Waals surface area (Å²) in [5, 5.41) is 0. The van der Waals surface area contributed by atoms with Crippen molar-refractivity contribution in [3.63, 3.8) is 0 Å². The van der Waals surface area contributed by atoms with Crippen LogP contribution < -0.4 is 0 Å². The quantitative estimate of drug-likeness (QED) is 0.501. The van der Waals surface area contributed by atoms with Crippen LogP contribution in [0.4, 0.5) is 0 Å². The number of benzene rings is 2. The second-order valence-electron chi connectivity index (χ2n) is 7.37. The SMILES string of the molecule is CC1CCCC[Si]1(C)C.Cc1ccc(-c2ccccc2)cc1. The van der Waals surface area contributed by atoms with Crippen LogP contribution in [0.3, 0.4) is 0 Å². The van der Waals surface area contributed by atoms with Gasteiger partial charge >= 0.3 is 0 Å². The lowest BCUT2D eigenvalue weighted by molar-refractivity contribution is 0.635. The molecule has 0 nitrogen and oxygen atoms in total. The van der Waals surface area contributed by atoms with Gasteiger partial charge in [-0.2, -0.15) is 0 Å². The first-order chi connectivity index (χ1) is 10.5. The fourth-order valence-electron chi connectivity index (χ4n) is 3.04. The van der Waals surface area contributed by atoms with E-state index in [-0.39, 0.29) is 0 Å². The first-order valence-electron chi connectivity index (χ1n) is 8.61. The van der Waals surface area contributed by atoms with E-state index in [1.165, 1.54) is 36.0 Å². The molecule has 0 aliphatic carbocycles. The van der Waals surface area contributed by atoms with Crippen molar-refractivity contribution >= 4 is 8.07 Å². The van der Waals surface area contributed by atoms with Crippen molar-refractivity contribution < 1.29 is 0 Å². The maximum atomic E-state index is 2.54. The lowest BCUT2D eigenvalue weighted by Gasteiger charge is -2.34. The minimum atomic E-state index is -0.694. The van der Waals surface area contributed by atoms with E-state index >= 15 is 0 Å². The summed E-state index contributed by atoms with van der Waals surface area (Å²) >= 11 is 0. The van der Waals surface area contributed by atoms with E-state index in [0.29, 0.717) is 0 Å². The molecule has 1 heterocycles. The van der Waals surface area contributed by atoms with Gasteiger partial charge in [-0.1, -0.05) is 105 Å². The van der Waals surface area contributed by atoms with E-state index in [4.69, 9.17) is 0 Å². The van der Waals surface area contributed by atoms with Gasteiger partial charge in [0.2, 0.25) is 0 Å². The lowest BCUT2D eigenvalue weighted by atomic mass is 10.0. The van der Waals surface area contributed by atoms with Crippen molar-refractivity contribution in [1.82, 2.24) is 0 Å². The molecule has 118 valence electrons. The van der Waals surface area contributed by atoms with Crippen molar-refractivity contribution in [3.8, 4) is 11.1 Å². The van der Waals surface area contributed by atoms with Gasteiger partial charge in [-0.15, -0.1) is 0 Å². The molecule has 22 heavy (non-hydrogen) atoms. The van der Waals surface area contributed by atoms with E-state index in [9.17, 15) is 0 Å². The molecule has 1 fully saturated rings. The number of rotatable bonds is 1. The molecule has 3 rings (SSSR count). The Hall–Kier alpha value is -1.34. The Balaban J connectivity index is 0.000000172. The minimum absolute atomic E-state index is 0.694. The average molecular weight is 311 g/mol. The summed E-state index contributed by atoms with van der Waals surface area (Å²) in [6, 6.07) is 20.6. The molecule has 0 aromatic heterocycles. The predicted molar refractivity (Wildman–Crippen MR) is 102 cm³/mol. The maximum Gasteiger partial charge on any atom is 0.0502 e. The molecule has 1 heteroatoms. The van der Waals surface area contributed by atoms with Crippen LogP contribution in [0, 0.1) is 6.92 Å². The fourth-order valence-corrected chi connectivity index (χ4v) is 5.68. The number of hydrogen-bond acceptors (Lipinski definition) is 0. The van der Waals surface area contributed by atoms with E-state index in [1.54, 1.807) is 6.04 Å². The third-order valence-corrected chi connectivity index (χ3v) is 9.80. The molecule has 0 radical (unpaired) electrons. The molecule has 1 aliphatic heterocycles. The minimum Gasteiger partial charge on any atom is -0.0692 e. The van der Waals surface area contributed by atoms with Crippen LogP contribution in [0.25, 0.3) is 11.1 Å². The van der Waals surface area contributed by atoms with Crippen LogP contribution in [0.5, 0.6) is 0 Å². The second-order valence-corrected chi connectivity index (χ2v) is 12.8. The Kier molecular flexibility index (Phi) is 6.02. The van der Waals surface area contributed by atoms with Crippen LogP contribution in [-0.4, -0.2) is 8.07 Å². The Morgan fingerprint density at radius 2 is 1.41 bits per heavy atom. The molecule has 0 bridgehead atoms. The highest BCUT2D eigenvalue weighted by atomic mass is 28.3. The highest BCUT2D eigenvalue weighted by molar-refractivity contribution is 6.78. The first kappa shape index (κ1) is 17.0. The average Bonchev–Trinajstić information content (AvgIpc) is 2.52. The normalized spacial score (nSPS) is 19.9. The molecular formula is C21H30Si. The van der Waals surface area contributed by atoms with Crippen molar-refractivity contribution in [2.75, 3.05) is 0 Å². The van der Waals surface area contributed by atoms with Crippen LogP contribution in [0.15, 0.2) is 54.6 Å². The van der Waals surface area contributed by atoms with Gasteiger partial charge in [0.1, 0.15) is 0 Å². The summed E-state index contributed by atoms with van der Waals surface area (Å²) in [7, 11) is -0.694. The Bertz CT molecular complexity index is 554. The van der Waals surface area contributed by atoms with Gasteiger partial charge in [0, 0.05) is 0 Å². The first-order valence-corrected chi connectivity index (χ1v) is 11.9. The topological polar surface area (TPSA) is 0 Å². The van der Waals surface area contributed by atoms with Crippen molar-refractivity contribution in [1.29, 1.82) is 0 Å². The van der Waals surface area contributed by atoms with Crippen molar-refractivity contribution in [2.45, 2.75) is 57.8 Å². The smallest absolute Gasteiger partial charge is 0.0502 e. The Morgan fingerprint density at radius 3 is 1.91 bits per heavy atom. The highest BCUT2D eigenvalue weighted by Crippen LogP contribution is 2.36. The summed E-state index contributed by atoms with van der Waals surface area (Å²) in [6.45, 7) is 9.63.